The highest BCUT2D eigenvalue weighted by Crippen LogP contribution is 2.28. The number of nitrogens with one attached hydrogen (secondary N) is 1. The predicted octanol–water partition coefficient (Wildman–Crippen LogP) is 5.33. The van der Waals surface area contributed by atoms with Crippen molar-refractivity contribution in [3.63, 3.8) is 0 Å². The van der Waals surface area contributed by atoms with Gasteiger partial charge in [0.2, 0.25) is 0 Å². The normalized spacial score (nSPS) is 12.4. The summed E-state index contributed by atoms with van der Waals surface area (Å²) in [7, 11) is 0. The first kappa shape index (κ1) is 14.6. The van der Waals surface area contributed by atoms with Gasteiger partial charge in [-0.2, -0.15) is 0 Å². The Morgan fingerprint density at radius 1 is 1.00 bits per heavy atom. The Hall–Kier alpha value is -1.83. The van der Waals surface area contributed by atoms with Crippen LogP contribution in [-0.4, -0.2) is 0 Å². The third-order valence-electron chi connectivity index (χ3n) is 3.51. The van der Waals surface area contributed by atoms with Crippen molar-refractivity contribution in [3.8, 4) is 0 Å². The summed E-state index contributed by atoms with van der Waals surface area (Å²) in [5.74, 6) is 0.410. The smallest absolute Gasteiger partial charge is 0.128 e. The van der Waals surface area contributed by atoms with Gasteiger partial charge in [-0.1, -0.05) is 50.2 Å². The molecule has 106 valence electrons. The van der Waals surface area contributed by atoms with E-state index in [-0.39, 0.29) is 11.9 Å². The molecule has 2 aromatic rings. The fourth-order valence-electron chi connectivity index (χ4n) is 2.39. The van der Waals surface area contributed by atoms with Gasteiger partial charge in [0.15, 0.2) is 0 Å². The van der Waals surface area contributed by atoms with Crippen molar-refractivity contribution in [1.82, 2.24) is 0 Å². The topological polar surface area (TPSA) is 12.0 Å². The van der Waals surface area contributed by atoms with Crippen LogP contribution in [0.1, 0.15) is 37.4 Å². The lowest BCUT2D eigenvalue weighted by Crippen LogP contribution is -2.14. The maximum absolute atomic E-state index is 13.7. The van der Waals surface area contributed by atoms with Crippen LogP contribution in [-0.2, 0) is 0 Å². The fourth-order valence-corrected chi connectivity index (χ4v) is 2.39. The Kier molecular flexibility index (Phi) is 4.78. The molecular formula is C18H22FN. The molecule has 0 saturated carbocycles. The molecule has 2 rings (SSSR count). The van der Waals surface area contributed by atoms with Crippen molar-refractivity contribution in [2.75, 3.05) is 5.32 Å². The molecule has 0 radical (unpaired) electrons. The van der Waals surface area contributed by atoms with Gasteiger partial charge in [0.1, 0.15) is 5.82 Å². The Labute approximate surface area is 120 Å². The molecule has 20 heavy (non-hydrogen) atoms. The first-order valence-electron chi connectivity index (χ1n) is 7.14. The minimum absolute atomic E-state index is 0.161. The highest BCUT2D eigenvalue weighted by Gasteiger charge is 2.14. The van der Waals surface area contributed by atoms with Crippen LogP contribution in [0.25, 0.3) is 0 Å². The van der Waals surface area contributed by atoms with Crippen molar-refractivity contribution < 1.29 is 4.39 Å². The van der Waals surface area contributed by atoms with E-state index in [0.29, 0.717) is 11.5 Å². The molecule has 0 aliphatic carbocycles. The summed E-state index contributed by atoms with van der Waals surface area (Å²) in [6, 6.07) is 15.7. The minimum Gasteiger partial charge on any atom is -0.378 e. The van der Waals surface area contributed by atoms with E-state index in [9.17, 15) is 4.39 Å². The van der Waals surface area contributed by atoms with E-state index in [0.717, 1.165) is 12.1 Å². The second-order valence-corrected chi connectivity index (χ2v) is 5.65. The van der Waals surface area contributed by atoms with Crippen LogP contribution in [0, 0.1) is 18.7 Å². The van der Waals surface area contributed by atoms with Gasteiger partial charge in [0.25, 0.3) is 0 Å². The summed E-state index contributed by atoms with van der Waals surface area (Å²) in [6.07, 6.45) is 1.01. The maximum atomic E-state index is 13.7. The molecule has 2 aromatic carbocycles. The third kappa shape index (κ3) is 3.60. The molecule has 2 heteroatoms. The SMILES string of the molecule is Cc1c(F)cccc1NC(CC(C)C)c1ccccc1. The molecule has 1 atom stereocenters. The summed E-state index contributed by atoms with van der Waals surface area (Å²) < 4.78 is 13.7. The number of benzene rings is 2. The van der Waals surface area contributed by atoms with Gasteiger partial charge in [0.05, 0.1) is 6.04 Å². The average Bonchev–Trinajstić information content (AvgIpc) is 2.43. The molecule has 0 aromatic heterocycles. The Morgan fingerprint density at radius 2 is 1.70 bits per heavy atom. The molecule has 1 N–H and O–H groups in total. The molecule has 0 fully saturated rings. The van der Waals surface area contributed by atoms with Crippen molar-refractivity contribution in [2.24, 2.45) is 5.92 Å². The molecule has 0 amide bonds. The molecule has 0 saturated heterocycles. The number of anilines is 1. The molecule has 0 heterocycles. The van der Waals surface area contributed by atoms with Gasteiger partial charge in [-0.3, -0.25) is 0 Å². The van der Waals surface area contributed by atoms with Crippen LogP contribution in [0.5, 0.6) is 0 Å². The largest absolute Gasteiger partial charge is 0.378 e. The second-order valence-electron chi connectivity index (χ2n) is 5.65. The van der Waals surface area contributed by atoms with Gasteiger partial charge in [-0.25, -0.2) is 4.39 Å². The maximum Gasteiger partial charge on any atom is 0.128 e. The number of rotatable bonds is 5. The summed E-state index contributed by atoms with van der Waals surface area (Å²) in [6.45, 7) is 6.22. The molecule has 0 spiro atoms. The molecule has 1 nitrogen and oxygen atoms in total. The zero-order chi connectivity index (χ0) is 14.5. The zero-order valence-electron chi connectivity index (χ0n) is 12.4. The lowest BCUT2D eigenvalue weighted by molar-refractivity contribution is 0.530. The highest BCUT2D eigenvalue weighted by molar-refractivity contribution is 5.52. The molecule has 0 aliphatic rings. The van der Waals surface area contributed by atoms with Crippen molar-refractivity contribution in [2.45, 2.75) is 33.2 Å². The first-order valence-corrected chi connectivity index (χ1v) is 7.14. The predicted molar refractivity (Wildman–Crippen MR) is 83.4 cm³/mol. The zero-order valence-corrected chi connectivity index (χ0v) is 12.4. The van der Waals surface area contributed by atoms with E-state index in [1.807, 2.05) is 31.2 Å². The van der Waals surface area contributed by atoms with E-state index >= 15 is 0 Å². The summed E-state index contributed by atoms with van der Waals surface area (Å²) in [4.78, 5) is 0. The van der Waals surface area contributed by atoms with Crippen molar-refractivity contribution in [1.29, 1.82) is 0 Å². The molecule has 0 bridgehead atoms. The first-order chi connectivity index (χ1) is 9.58. The van der Waals surface area contributed by atoms with Gasteiger partial charge in [0, 0.05) is 11.3 Å². The summed E-state index contributed by atoms with van der Waals surface area (Å²) in [5.41, 5.74) is 2.79. The standard InChI is InChI=1S/C18H22FN/c1-13(2)12-18(15-8-5-4-6-9-15)20-17-11-7-10-16(19)14(17)3/h4-11,13,18,20H,12H2,1-3H3. The van der Waals surface area contributed by atoms with E-state index in [1.165, 1.54) is 11.6 Å². The Balaban J connectivity index is 2.26. The average molecular weight is 271 g/mol. The number of hydrogen-bond acceptors (Lipinski definition) is 1. The highest BCUT2D eigenvalue weighted by atomic mass is 19.1. The van der Waals surface area contributed by atoms with E-state index in [1.54, 1.807) is 6.07 Å². The van der Waals surface area contributed by atoms with Crippen molar-refractivity contribution >= 4 is 5.69 Å². The lowest BCUT2D eigenvalue weighted by Gasteiger charge is -2.23. The monoisotopic (exact) mass is 271 g/mol. The van der Waals surface area contributed by atoms with Gasteiger partial charge in [-0.15, -0.1) is 0 Å². The molecular weight excluding hydrogens is 249 g/mol. The van der Waals surface area contributed by atoms with Gasteiger partial charge >= 0.3 is 0 Å². The molecule has 1 unspecified atom stereocenters. The van der Waals surface area contributed by atoms with Crippen LogP contribution in [0.3, 0.4) is 0 Å². The van der Waals surface area contributed by atoms with Gasteiger partial charge in [-0.05, 0) is 37.0 Å². The van der Waals surface area contributed by atoms with Crippen LogP contribution >= 0.6 is 0 Å². The number of hydrogen-bond donors (Lipinski definition) is 1. The van der Waals surface area contributed by atoms with Crippen LogP contribution in [0.4, 0.5) is 10.1 Å². The van der Waals surface area contributed by atoms with Crippen LogP contribution in [0.15, 0.2) is 48.5 Å². The van der Waals surface area contributed by atoms with E-state index in [4.69, 9.17) is 0 Å². The fraction of sp³-hybridized carbons (Fsp3) is 0.333. The summed E-state index contributed by atoms with van der Waals surface area (Å²) in [5, 5.41) is 3.50. The van der Waals surface area contributed by atoms with E-state index in [2.05, 4.69) is 31.3 Å². The van der Waals surface area contributed by atoms with Crippen LogP contribution in [0.2, 0.25) is 0 Å². The second kappa shape index (κ2) is 6.56. The summed E-state index contributed by atoms with van der Waals surface area (Å²) >= 11 is 0. The quantitative estimate of drug-likeness (QED) is 0.774. The van der Waals surface area contributed by atoms with E-state index < -0.39 is 0 Å². The lowest BCUT2D eigenvalue weighted by atomic mass is 9.96. The minimum atomic E-state index is -0.161. The Bertz CT molecular complexity index is 549. The van der Waals surface area contributed by atoms with Crippen molar-refractivity contribution in [3.05, 3.63) is 65.5 Å². The molecule has 0 aliphatic heterocycles. The Morgan fingerprint density at radius 3 is 2.35 bits per heavy atom. The number of halogens is 1. The van der Waals surface area contributed by atoms with Crippen LogP contribution < -0.4 is 5.32 Å². The third-order valence-corrected chi connectivity index (χ3v) is 3.51. The van der Waals surface area contributed by atoms with Gasteiger partial charge < -0.3 is 5.32 Å².